The van der Waals surface area contributed by atoms with Gasteiger partial charge in [-0.05, 0) is 18.9 Å². The van der Waals surface area contributed by atoms with Crippen LogP contribution >= 0.6 is 11.6 Å². The lowest BCUT2D eigenvalue weighted by Gasteiger charge is -2.36. The van der Waals surface area contributed by atoms with Crippen LogP contribution in [0.1, 0.15) is 30.3 Å². The fraction of sp³-hybridized carbons (Fsp3) is 0.500. The summed E-state index contributed by atoms with van der Waals surface area (Å²) in [6.07, 6.45) is 0.504. The average Bonchev–Trinajstić information content (AvgIpc) is 2.99. The molecule has 0 radical (unpaired) electrons. The third-order valence-corrected chi connectivity index (χ3v) is 4.67. The SMILES string of the molecule is Cn1ccnc1C(O)C1CCCN(c2ncc(Cl)cc2C(F)(F)F)C1. The minimum Gasteiger partial charge on any atom is -0.385 e. The molecule has 25 heavy (non-hydrogen) atoms. The van der Waals surface area contributed by atoms with E-state index in [1.54, 1.807) is 28.9 Å². The maximum atomic E-state index is 13.3. The molecule has 1 fully saturated rings. The fourth-order valence-corrected chi connectivity index (χ4v) is 3.38. The van der Waals surface area contributed by atoms with E-state index in [4.69, 9.17) is 11.6 Å². The normalized spacial score (nSPS) is 19.9. The number of rotatable bonds is 3. The predicted molar refractivity (Wildman–Crippen MR) is 87.4 cm³/mol. The van der Waals surface area contributed by atoms with Crippen molar-refractivity contribution >= 4 is 17.4 Å². The van der Waals surface area contributed by atoms with Crippen LogP contribution in [0.4, 0.5) is 19.0 Å². The Morgan fingerprint density at radius 3 is 2.76 bits per heavy atom. The summed E-state index contributed by atoms with van der Waals surface area (Å²) in [5, 5.41) is 10.5. The van der Waals surface area contributed by atoms with Gasteiger partial charge in [0.1, 0.15) is 17.7 Å². The Kier molecular flexibility index (Phi) is 4.92. The van der Waals surface area contributed by atoms with Crippen LogP contribution in [0.3, 0.4) is 0 Å². The molecule has 2 atom stereocenters. The minimum atomic E-state index is -4.54. The number of hydrogen-bond donors (Lipinski definition) is 1. The van der Waals surface area contributed by atoms with Crippen LogP contribution in [-0.4, -0.2) is 32.7 Å². The van der Waals surface area contributed by atoms with Gasteiger partial charge >= 0.3 is 6.18 Å². The maximum absolute atomic E-state index is 13.3. The molecule has 0 bridgehead atoms. The largest absolute Gasteiger partial charge is 0.420 e. The molecule has 0 aromatic carbocycles. The minimum absolute atomic E-state index is 0.0577. The molecule has 3 heterocycles. The van der Waals surface area contributed by atoms with Gasteiger partial charge in [0, 0.05) is 44.6 Å². The molecule has 1 N–H and O–H groups in total. The molecule has 0 spiro atoms. The van der Waals surface area contributed by atoms with E-state index < -0.39 is 17.8 Å². The van der Waals surface area contributed by atoms with Gasteiger partial charge in [0.2, 0.25) is 0 Å². The van der Waals surface area contributed by atoms with Crippen LogP contribution in [0.5, 0.6) is 0 Å². The summed E-state index contributed by atoms with van der Waals surface area (Å²) in [6, 6.07) is 0.892. The summed E-state index contributed by atoms with van der Waals surface area (Å²) < 4.78 is 41.7. The number of aliphatic hydroxyl groups is 1. The Balaban J connectivity index is 1.86. The third kappa shape index (κ3) is 3.74. The second kappa shape index (κ2) is 6.84. The van der Waals surface area contributed by atoms with Crippen molar-refractivity contribution in [2.75, 3.05) is 18.0 Å². The highest BCUT2D eigenvalue weighted by atomic mass is 35.5. The Morgan fingerprint density at radius 1 is 1.36 bits per heavy atom. The molecular weight excluding hydrogens is 357 g/mol. The molecule has 0 aliphatic carbocycles. The fourth-order valence-electron chi connectivity index (χ4n) is 3.23. The molecule has 2 aromatic rings. The first-order valence-electron chi connectivity index (χ1n) is 7.90. The highest BCUT2D eigenvalue weighted by Crippen LogP contribution is 2.39. The zero-order valence-corrected chi connectivity index (χ0v) is 14.3. The van der Waals surface area contributed by atoms with Gasteiger partial charge in [-0.15, -0.1) is 0 Å². The number of aryl methyl sites for hydroxylation is 1. The summed E-state index contributed by atoms with van der Waals surface area (Å²) in [6.45, 7) is 0.716. The summed E-state index contributed by atoms with van der Waals surface area (Å²) >= 11 is 5.69. The second-order valence-corrected chi connectivity index (χ2v) is 6.65. The van der Waals surface area contributed by atoms with E-state index in [9.17, 15) is 18.3 Å². The summed E-state index contributed by atoms with van der Waals surface area (Å²) in [5.41, 5.74) is -0.855. The van der Waals surface area contributed by atoms with E-state index in [0.717, 1.165) is 6.07 Å². The number of anilines is 1. The first-order chi connectivity index (χ1) is 11.8. The molecule has 2 aromatic heterocycles. The molecule has 1 aliphatic heterocycles. The standard InChI is InChI=1S/C16H18ClF3N4O/c1-23-6-4-21-15(23)13(25)10-3-2-5-24(9-10)14-12(16(18,19)20)7-11(17)8-22-14/h4,6-8,10,13,25H,2-3,5,9H2,1H3. The lowest BCUT2D eigenvalue weighted by molar-refractivity contribution is -0.137. The zero-order chi connectivity index (χ0) is 18.2. The third-order valence-electron chi connectivity index (χ3n) is 4.47. The highest BCUT2D eigenvalue weighted by Gasteiger charge is 2.38. The van der Waals surface area contributed by atoms with Crippen molar-refractivity contribution in [3.05, 3.63) is 41.1 Å². The quantitative estimate of drug-likeness (QED) is 0.894. The van der Waals surface area contributed by atoms with Gasteiger partial charge in [0.15, 0.2) is 0 Å². The Bertz CT molecular complexity index is 749. The summed E-state index contributed by atoms with van der Waals surface area (Å²) in [4.78, 5) is 9.62. The van der Waals surface area contributed by atoms with E-state index in [-0.39, 0.29) is 23.3 Å². The van der Waals surface area contributed by atoms with Gasteiger partial charge in [0.05, 0.1) is 10.6 Å². The van der Waals surface area contributed by atoms with Crippen LogP contribution in [0, 0.1) is 5.92 Å². The molecule has 0 amide bonds. The molecule has 1 aliphatic rings. The number of aromatic nitrogens is 3. The Morgan fingerprint density at radius 2 is 2.12 bits per heavy atom. The molecule has 0 saturated carbocycles. The first-order valence-corrected chi connectivity index (χ1v) is 8.28. The second-order valence-electron chi connectivity index (χ2n) is 6.21. The van der Waals surface area contributed by atoms with Gasteiger partial charge in [-0.25, -0.2) is 9.97 Å². The van der Waals surface area contributed by atoms with Crippen molar-refractivity contribution in [3.8, 4) is 0 Å². The van der Waals surface area contributed by atoms with Gasteiger partial charge in [0.25, 0.3) is 0 Å². The number of piperidine rings is 1. The maximum Gasteiger partial charge on any atom is 0.420 e. The van der Waals surface area contributed by atoms with E-state index >= 15 is 0 Å². The monoisotopic (exact) mass is 374 g/mol. The van der Waals surface area contributed by atoms with Crippen molar-refractivity contribution in [3.63, 3.8) is 0 Å². The van der Waals surface area contributed by atoms with Gasteiger partial charge in [-0.3, -0.25) is 0 Å². The Labute approximate surface area is 148 Å². The average molecular weight is 375 g/mol. The molecule has 9 heteroatoms. The van der Waals surface area contributed by atoms with E-state index in [0.29, 0.717) is 25.2 Å². The molecule has 5 nitrogen and oxygen atoms in total. The Hall–Kier alpha value is -1.80. The van der Waals surface area contributed by atoms with E-state index in [1.807, 2.05) is 0 Å². The van der Waals surface area contributed by atoms with Crippen molar-refractivity contribution in [2.45, 2.75) is 25.1 Å². The lowest BCUT2D eigenvalue weighted by atomic mass is 9.91. The van der Waals surface area contributed by atoms with Gasteiger partial charge in [-0.2, -0.15) is 13.2 Å². The summed E-state index contributed by atoms with van der Waals surface area (Å²) in [5.74, 6) is 0.133. The number of pyridine rings is 1. The summed E-state index contributed by atoms with van der Waals surface area (Å²) in [7, 11) is 1.77. The van der Waals surface area contributed by atoms with Crippen LogP contribution in [0.15, 0.2) is 24.7 Å². The van der Waals surface area contributed by atoms with Crippen molar-refractivity contribution < 1.29 is 18.3 Å². The zero-order valence-electron chi connectivity index (χ0n) is 13.5. The van der Waals surface area contributed by atoms with Crippen molar-refractivity contribution in [1.29, 1.82) is 0 Å². The smallest absolute Gasteiger partial charge is 0.385 e. The molecule has 136 valence electrons. The van der Waals surface area contributed by atoms with E-state index in [1.165, 1.54) is 6.20 Å². The van der Waals surface area contributed by atoms with Crippen molar-refractivity contribution in [1.82, 2.24) is 14.5 Å². The highest BCUT2D eigenvalue weighted by molar-refractivity contribution is 6.30. The molecule has 2 unspecified atom stereocenters. The lowest BCUT2D eigenvalue weighted by Crippen LogP contribution is -2.39. The number of nitrogens with zero attached hydrogens (tertiary/aromatic N) is 4. The number of hydrogen-bond acceptors (Lipinski definition) is 4. The van der Waals surface area contributed by atoms with Crippen LogP contribution in [0.2, 0.25) is 5.02 Å². The van der Waals surface area contributed by atoms with Crippen molar-refractivity contribution in [2.24, 2.45) is 13.0 Å². The predicted octanol–water partition coefficient (Wildman–Crippen LogP) is 3.44. The van der Waals surface area contributed by atoms with Gasteiger partial charge < -0.3 is 14.6 Å². The molecule has 3 rings (SSSR count). The number of halogens is 4. The molecule has 1 saturated heterocycles. The van der Waals surface area contributed by atoms with Crippen LogP contribution < -0.4 is 4.90 Å². The van der Waals surface area contributed by atoms with E-state index in [2.05, 4.69) is 9.97 Å². The molecular formula is C16H18ClF3N4O. The number of alkyl halides is 3. The first kappa shape index (κ1) is 18.0. The van der Waals surface area contributed by atoms with Crippen LogP contribution in [0.25, 0.3) is 0 Å². The van der Waals surface area contributed by atoms with Gasteiger partial charge in [-0.1, -0.05) is 11.6 Å². The van der Waals surface area contributed by atoms with Crippen LogP contribution in [-0.2, 0) is 13.2 Å². The topological polar surface area (TPSA) is 54.2 Å². The number of aliphatic hydroxyl groups excluding tert-OH is 1. The number of imidazole rings is 1.